The minimum Gasteiger partial charge on any atom is -0.459 e. The maximum atomic E-state index is 12.1. The third-order valence-electron chi connectivity index (χ3n) is 5.02. The minimum absolute atomic E-state index is 0.246. The Kier molecular flexibility index (Phi) is 5.69. The fourth-order valence-electron chi connectivity index (χ4n) is 3.28. The zero-order valence-electron chi connectivity index (χ0n) is 17.8. The number of hydrogen-bond donors (Lipinski definition) is 2. The van der Waals surface area contributed by atoms with Crippen molar-refractivity contribution in [1.82, 2.24) is 9.97 Å². The smallest absolute Gasteiger partial charge is 0.291 e. The summed E-state index contributed by atoms with van der Waals surface area (Å²) in [5.74, 6) is 0.439. The van der Waals surface area contributed by atoms with Crippen LogP contribution in [0, 0.1) is 0 Å². The Labute approximate surface area is 194 Å². The molecule has 0 spiro atoms. The van der Waals surface area contributed by atoms with Crippen LogP contribution in [0.25, 0.3) is 22.5 Å². The second-order valence-electron chi connectivity index (χ2n) is 7.31. The van der Waals surface area contributed by atoms with E-state index < -0.39 is 0 Å². The minimum atomic E-state index is -0.315. The van der Waals surface area contributed by atoms with Crippen molar-refractivity contribution in [3.8, 4) is 22.5 Å². The molecule has 5 aromatic rings. The molecule has 0 saturated heterocycles. The molecular formula is C26H18N4O4. The standard InChI is InChI=1S/C26H18N4O4/c31-25(22-3-1-13-33-22)29-20-9-5-17(6-10-20)19-15-27-24(28-16-19)18-7-11-21(12-8-18)30-26(32)23-4-2-14-34-23/h1-16H,(H,29,31)(H,30,32). The van der Waals surface area contributed by atoms with E-state index in [2.05, 4.69) is 20.6 Å². The van der Waals surface area contributed by atoms with Crippen LogP contribution < -0.4 is 10.6 Å². The van der Waals surface area contributed by atoms with E-state index in [9.17, 15) is 9.59 Å². The summed E-state index contributed by atoms with van der Waals surface area (Å²) >= 11 is 0. The van der Waals surface area contributed by atoms with Gasteiger partial charge in [0.05, 0.1) is 12.5 Å². The second kappa shape index (κ2) is 9.25. The van der Waals surface area contributed by atoms with E-state index in [0.717, 1.165) is 16.7 Å². The number of anilines is 2. The number of benzene rings is 2. The molecule has 0 aliphatic carbocycles. The molecule has 0 atom stereocenters. The van der Waals surface area contributed by atoms with E-state index in [-0.39, 0.29) is 23.3 Å². The number of amides is 2. The number of hydrogen-bond acceptors (Lipinski definition) is 6. The van der Waals surface area contributed by atoms with Crippen molar-refractivity contribution >= 4 is 23.2 Å². The summed E-state index contributed by atoms with van der Waals surface area (Å²) in [5.41, 5.74) is 3.87. The van der Waals surface area contributed by atoms with E-state index in [1.165, 1.54) is 12.5 Å². The summed E-state index contributed by atoms with van der Waals surface area (Å²) in [6.07, 6.45) is 6.39. The molecule has 0 saturated carbocycles. The summed E-state index contributed by atoms with van der Waals surface area (Å²) < 4.78 is 10.2. The Balaban J connectivity index is 1.23. The third-order valence-corrected chi connectivity index (χ3v) is 5.02. The van der Waals surface area contributed by atoms with Crippen LogP contribution in [0.3, 0.4) is 0 Å². The van der Waals surface area contributed by atoms with Crippen molar-refractivity contribution < 1.29 is 18.4 Å². The molecular weight excluding hydrogens is 432 g/mol. The molecule has 0 bridgehead atoms. The van der Waals surface area contributed by atoms with Crippen molar-refractivity contribution in [2.45, 2.75) is 0 Å². The van der Waals surface area contributed by atoms with Gasteiger partial charge in [-0.2, -0.15) is 0 Å². The summed E-state index contributed by atoms with van der Waals surface area (Å²) in [6.45, 7) is 0. The van der Waals surface area contributed by atoms with E-state index in [1.54, 1.807) is 60.9 Å². The predicted octanol–water partition coefficient (Wildman–Crippen LogP) is 5.50. The normalized spacial score (nSPS) is 10.6. The van der Waals surface area contributed by atoms with Crippen LogP contribution in [0.2, 0.25) is 0 Å². The first-order valence-electron chi connectivity index (χ1n) is 10.4. The van der Waals surface area contributed by atoms with Crippen LogP contribution in [0.5, 0.6) is 0 Å². The fraction of sp³-hybridized carbons (Fsp3) is 0. The van der Waals surface area contributed by atoms with Gasteiger partial charge in [0.25, 0.3) is 11.8 Å². The Morgan fingerprint density at radius 2 is 1.06 bits per heavy atom. The number of nitrogens with one attached hydrogen (secondary N) is 2. The van der Waals surface area contributed by atoms with Gasteiger partial charge in [-0.1, -0.05) is 12.1 Å². The molecule has 0 radical (unpaired) electrons. The number of aromatic nitrogens is 2. The van der Waals surface area contributed by atoms with Gasteiger partial charge in [-0.15, -0.1) is 0 Å². The van der Waals surface area contributed by atoms with Gasteiger partial charge < -0.3 is 19.5 Å². The van der Waals surface area contributed by atoms with E-state index >= 15 is 0 Å². The van der Waals surface area contributed by atoms with E-state index in [1.807, 2.05) is 24.3 Å². The molecule has 8 nitrogen and oxygen atoms in total. The Bertz CT molecular complexity index is 1280. The number of nitrogens with zero attached hydrogens (tertiary/aromatic N) is 2. The van der Waals surface area contributed by atoms with Crippen LogP contribution in [0.15, 0.2) is 107 Å². The fourth-order valence-corrected chi connectivity index (χ4v) is 3.28. The average molecular weight is 450 g/mol. The van der Waals surface area contributed by atoms with Gasteiger partial charge in [0, 0.05) is 34.9 Å². The van der Waals surface area contributed by atoms with Crippen molar-refractivity contribution in [2.24, 2.45) is 0 Å². The SMILES string of the molecule is O=C(Nc1ccc(-c2cnc(-c3ccc(NC(=O)c4ccco4)cc3)nc2)cc1)c1ccco1. The highest BCUT2D eigenvalue weighted by Gasteiger charge is 2.10. The Morgan fingerprint density at radius 1 is 0.588 bits per heavy atom. The first-order chi connectivity index (χ1) is 16.7. The van der Waals surface area contributed by atoms with Crippen LogP contribution in [-0.2, 0) is 0 Å². The van der Waals surface area contributed by atoms with Gasteiger partial charge in [0.2, 0.25) is 0 Å². The van der Waals surface area contributed by atoms with Gasteiger partial charge >= 0.3 is 0 Å². The molecule has 3 heterocycles. The van der Waals surface area contributed by atoms with Crippen LogP contribution in [0.4, 0.5) is 11.4 Å². The number of carbonyl (C=O) groups excluding carboxylic acids is 2. The summed E-state index contributed by atoms with van der Waals surface area (Å²) in [5, 5.41) is 5.56. The summed E-state index contributed by atoms with van der Waals surface area (Å²) in [4.78, 5) is 33.1. The zero-order chi connectivity index (χ0) is 23.3. The zero-order valence-corrected chi connectivity index (χ0v) is 17.8. The van der Waals surface area contributed by atoms with Gasteiger partial charge in [-0.3, -0.25) is 9.59 Å². The van der Waals surface area contributed by atoms with Crippen LogP contribution in [-0.4, -0.2) is 21.8 Å². The monoisotopic (exact) mass is 450 g/mol. The first-order valence-corrected chi connectivity index (χ1v) is 10.4. The van der Waals surface area contributed by atoms with Crippen molar-refractivity contribution in [3.05, 3.63) is 109 Å². The highest BCUT2D eigenvalue weighted by Crippen LogP contribution is 2.23. The maximum absolute atomic E-state index is 12.1. The van der Waals surface area contributed by atoms with Gasteiger partial charge in [-0.25, -0.2) is 9.97 Å². The molecule has 34 heavy (non-hydrogen) atoms. The molecule has 2 amide bonds. The predicted molar refractivity (Wildman–Crippen MR) is 126 cm³/mol. The van der Waals surface area contributed by atoms with Crippen molar-refractivity contribution in [1.29, 1.82) is 0 Å². The Hall–Kier alpha value is -4.98. The van der Waals surface area contributed by atoms with Crippen LogP contribution in [0.1, 0.15) is 21.1 Å². The lowest BCUT2D eigenvalue weighted by Crippen LogP contribution is -2.10. The highest BCUT2D eigenvalue weighted by atomic mass is 16.3. The maximum Gasteiger partial charge on any atom is 0.291 e. The molecule has 0 fully saturated rings. The van der Waals surface area contributed by atoms with E-state index in [4.69, 9.17) is 8.83 Å². The molecule has 166 valence electrons. The van der Waals surface area contributed by atoms with Gasteiger partial charge in [-0.05, 0) is 66.2 Å². The molecule has 2 N–H and O–H groups in total. The molecule has 8 heteroatoms. The molecule has 0 aliphatic rings. The molecule has 2 aromatic carbocycles. The lowest BCUT2D eigenvalue weighted by atomic mass is 10.1. The summed E-state index contributed by atoms with van der Waals surface area (Å²) in [7, 11) is 0. The van der Waals surface area contributed by atoms with Gasteiger partial charge in [0.15, 0.2) is 17.3 Å². The molecule has 0 unspecified atom stereocenters. The number of carbonyl (C=O) groups is 2. The quantitative estimate of drug-likeness (QED) is 0.353. The Morgan fingerprint density at radius 3 is 1.50 bits per heavy atom. The van der Waals surface area contributed by atoms with Crippen molar-refractivity contribution in [3.63, 3.8) is 0 Å². The largest absolute Gasteiger partial charge is 0.459 e. The lowest BCUT2D eigenvalue weighted by molar-refractivity contribution is 0.0989. The first kappa shape index (κ1) is 20.9. The molecule has 5 rings (SSSR count). The number of rotatable bonds is 6. The molecule has 3 aromatic heterocycles. The third kappa shape index (κ3) is 4.61. The van der Waals surface area contributed by atoms with Gasteiger partial charge in [0.1, 0.15) is 0 Å². The van der Waals surface area contributed by atoms with Crippen molar-refractivity contribution in [2.75, 3.05) is 10.6 Å². The lowest BCUT2D eigenvalue weighted by Gasteiger charge is -2.07. The number of furan rings is 2. The summed E-state index contributed by atoms with van der Waals surface area (Å²) in [6, 6.07) is 21.1. The topological polar surface area (TPSA) is 110 Å². The molecule has 0 aliphatic heterocycles. The van der Waals surface area contributed by atoms with E-state index in [0.29, 0.717) is 17.2 Å². The average Bonchev–Trinajstić information content (AvgIpc) is 3.60. The highest BCUT2D eigenvalue weighted by molar-refractivity contribution is 6.02. The second-order valence-corrected chi connectivity index (χ2v) is 7.31. The van der Waals surface area contributed by atoms with Crippen LogP contribution >= 0.6 is 0 Å².